The highest BCUT2D eigenvalue weighted by molar-refractivity contribution is 5.61. The van der Waals surface area contributed by atoms with Crippen LogP contribution in [0.15, 0.2) is 12.1 Å². The smallest absolute Gasteiger partial charge is 0.318 e. The molecule has 3 N–H and O–H groups in total. The van der Waals surface area contributed by atoms with E-state index in [1.165, 1.54) is 0 Å². The molecule has 0 aromatic heterocycles. The molecule has 17 heavy (non-hydrogen) atoms. The Labute approximate surface area is 96.0 Å². The van der Waals surface area contributed by atoms with Crippen LogP contribution in [0.5, 0.6) is 5.75 Å². The van der Waals surface area contributed by atoms with Gasteiger partial charge in [0.1, 0.15) is 0 Å². The van der Waals surface area contributed by atoms with Gasteiger partial charge in [-0.2, -0.15) is 0 Å². The van der Waals surface area contributed by atoms with Gasteiger partial charge >= 0.3 is 11.4 Å². The van der Waals surface area contributed by atoms with Gasteiger partial charge in [-0.25, -0.2) is 0 Å². The second-order valence-corrected chi connectivity index (χ2v) is 3.68. The maximum Gasteiger partial charge on any atom is 0.318 e. The molecule has 0 aliphatic carbocycles. The molecule has 0 amide bonds. The van der Waals surface area contributed by atoms with Crippen LogP contribution in [0.4, 0.5) is 11.4 Å². The van der Waals surface area contributed by atoms with E-state index >= 15 is 0 Å². The first kappa shape index (κ1) is 12.8. The van der Waals surface area contributed by atoms with E-state index in [0.717, 1.165) is 12.1 Å². The molecular formula is C9H11N3O5. The molecule has 0 radical (unpaired) electrons. The molecule has 0 saturated heterocycles. The van der Waals surface area contributed by atoms with Crippen molar-refractivity contribution in [2.24, 2.45) is 5.73 Å². The molecule has 0 spiro atoms. The molecule has 1 rings (SSSR count). The fraction of sp³-hybridized carbons (Fsp3) is 0.333. The number of nitrogens with two attached hydrogens (primary N) is 1. The second kappa shape index (κ2) is 4.74. The molecule has 1 unspecified atom stereocenters. The molecule has 0 aliphatic rings. The first-order chi connectivity index (χ1) is 7.82. The van der Waals surface area contributed by atoms with Crippen LogP contribution in [0.2, 0.25) is 0 Å². The number of nitrogens with zero attached hydrogens (tertiary/aromatic N) is 2. The summed E-state index contributed by atoms with van der Waals surface area (Å²) in [6.07, 6.45) is 0.252. The van der Waals surface area contributed by atoms with Crippen molar-refractivity contribution in [1.29, 1.82) is 0 Å². The monoisotopic (exact) mass is 241 g/mol. The number of nitro groups is 2. The lowest BCUT2D eigenvalue weighted by molar-refractivity contribution is -0.396. The van der Waals surface area contributed by atoms with Crippen LogP contribution in [0.25, 0.3) is 0 Å². The molecule has 0 saturated carbocycles. The van der Waals surface area contributed by atoms with Gasteiger partial charge in [0.05, 0.1) is 9.85 Å². The summed E-state index contributed by atoms with van der Waals surface area (Å²) in [5, 5.41) is 30.6. The van der Waals surface area contributed by atoms with Crippen LogP contribution in [0, 0.1) is 20.2 Å². The van der Waals surface area contributed by atoms with Gasteiger partial charge in [-0.15, -0.1) is 0 Å². The van der Waals surface area contributed by atoms with Crippen molar-refractivity contribution in [3.05, 3.63) is 37.9 Å². The molecule has 8 nitrogen and oxygen atoms in total. The third-order valence-electron chi connectivity index (χ3n) is 2.08. The van der Waals surface area contributed by atoms with Crippen molar-refractivity contribution in [2.75, 3.05) is 0 Å². The fourth-order valence-electron chi connectivity index (χ4n) is 1.43. The van der Waals surface area contributed by atoms with Gasteiger partial charge < -0.3 is 10.8 Å². The SMILES string of the molecule is CC(N)Cc1cc([N+](=O)[O-])c(O)c([N+](=O)[O-])c1. The summed E-state index contributed by atoms with van der Waals surface area (Å²) in [7, 11) is 0. The lowest BCUT2D eigenvalue weighted by atomic mass is 10.1. The maximum atomic E-state index is 10.6. The van der Waals surface area contributed by atoms with Crippen LogP contribution in [0.1, 0.15) is 12.5 Å². The van der Waals surface area contributed by atoms with E-state index in [1.807, 2.05) is 0 Å². The van der Waals surface area contributed by atoms with Crippen molar-refractivity contribution in [1.82, 2.24) is 0 Å². The molecule has 1 aromatic rings. The van der Waals surface area contributed by atoms with Crippen molar-refractivity contribution in [2.45, 2.75) is 19.4 Å². The quantitative estimate of drug-likeness (QED) is 0.598. The number of phenols is 1. The number of phenolic OH excluding ortho intramolecular Hbond substituents is 1. The Bertz CT molecular complexity index is 437. The van der Waals surface area contributed by atoms with Gasteiger partial charge in [0.2, 0.25) is 0 Å². The summed E-state index contributed by atoms with van der Waals surface area (Å²) in [6.45, 7) is 1.67. The van der Waals surface area contributed by atoms with Crippen LogP contribution >= 0.6 is 0 Å². The Hall–Kier alpha value is -2.22. The summed E-state index contributed by atoms with van der Waals surface area (Å²) in [5.74, 6) is -0.937. The zero-order chi connectivity index (χ0) is 13.2. The number of rotatable bonds is 4. The van der Waals surface area contributed by atoms with Crippen molar-refractivity contribution < 1.29 is 15.0 Å². The largest absolute Gasteiger partial charge is 0.497 e. The highest BCUT2D eigenvalue weighted by Gasteiger charge is 2.26. The van der Waals surface area contributed by atoms with E-state index in [0.29, 0.717) is 5.56 Å². The summed E-state index contributed by atoms with van der Waals surface area (Å²) < 4.78 is 0. The minimum Gasteiger partial charge on any atom is -0.497 e. The van der Waals surface area contributed by atoms with E-state index in [9.17, 15) is 25.3 Å². The zero-order valence-corrected chi connectivity index (χ0v) is 8.99. The summed E-state index contributed by atoms with van der Waals surface area (Å²) in [4.78, 5) is 19.5. The molecule has 8 heteroatoms. The number of nitro benzene ring substituents is 2. The van der Waals surface area contributed by atoms with Gasteiger partial charge in [-0.3, -0.25) is 20.2 Å². The molecule has 1 atom stereocenters. The standard InChI is InChI=1S/C9H11N3O5/c1-5(10)2-6-3-7(11(14)15)9(13)8(4-6)12(16)17/h3-5,13H,2,10H2,1H3. The Balaban J connectivity index is 3.36. The summed E-state index contributed by atoms with van der Waals surface area (Å²) >= 11 is 0. The minimum atomic E-state index is -0.937. The van der Waals surface area contributed by atoms with Crippen molar-refractivity contribution in [3.63, 3.8) is 0 Å². The van der Waals surface area contributed by atoms with E-state index in [-0.39, 0.29) is 12.5 Å². The normalized spacial score (nSPS) is 12.1. The number of benzene rings is 1. The molecule has 1 aromatic carbocycles. The van der Waals surface area contributed by atoms with E-state index in [2.05, 4.69) is 0 Å². The second-order valence-electron chi connectivity index (χ2n) is 3.68. The highest BCUT2D eigenvalue weighted by atomic mass is 16.6. The van der Waals surface area contributed by atoms with Crippen molar-refractivity contribution >= 4 is 11.4 Å². The number of hydrogen-bond acceptors (Lipinski definition) is 6. The average molecular weight is 241 g/mol. The lowest BCUT2D eigenvalue weighted by Crippen LogP contribution is -2.17. The van der Waals surface area contributed by atoms with Gasteiger partial charge in [0.15, 0.2) is 0 Å². The summed E-state index contributed by atoms with van der Waals surface area (Å²) in [5.41, 5.74) is 4.49. The van der Waals surface area contributed by atoms with E-state index in [4.69, 9.17) is 5.73 Å². The predicted molar refractivity (Wildman–Crippen MR) is 58.8 cm³/mol. The van der Waals surface area contributed by atoms with E-state index in [1.54, 1.807) is 6.92 Å². The molecule has 0 heterocycles. The average Bonchev–Trinajstić information content (AvgIpc) is 2.18. The van der Waals surface area contributed by atoms with Crippen LogP contribution in [0.3, 0.4) is 0 Å². The Morgan fingerprint density at radius 2 is 1.71 bits per heavy atom. The lowest BCUT2D eigenvalue weighted by Gasteiger charge is -2.06. The third kappa shape index (κ3) is 2.88. The number of aromatic hydroxyl groups is 1. The van der Waals surface area contributed by atoms with Crippen LogP contribution < -0.4 is 5.73 Å². The van der Waals surface area contributed by atoms with Gasteiger partial charge in [-0.05, 0) is 18.9 Å². The summed E-state index contributed by atoms with van der Waals surface area (Å²) in [6, 6.07) is 1.89. The number of hydrogen-bond donors (Lipinski definition) is 2. The Morgan fingerprint density at radius 1 is 1.29 bits per heavy atom. The van der Waals surface area contributed by atoms with Crippen molar-refractivity contribution in [3.8, 4) is 5.75 Å². The van der Waals surface area contributed by atoms with E-state index < -0.39 is 27.0 Å². The third-order valence-corrected chi connectivity index (χ3v) is 2.08. The molecule has 0 aliphatic heterocycles. The first-order valence-electron chi connectivity index (χ1n) is 4.73. The Morgan fingerprint density at radius 3 is 2.00 bits per heavy atom. The zero-order valence-electron chi connectivity index (χ0n) is 8.99. The predicted octanol–water partition coefficient (Wildman–Crippen LogP) is 1.10. The molecular weight excluding hydrogens is 230 g/mol. The van der Waals surface area contributed by atoms with Gasteiger partial charge in [0, 0.05) is 18.2 Å². The maximum absolute atomic E-state index is 10.6. The molecule has 92 valence electrons. The molecule has 0 fully saturated rings. The first-order valence-corrected chi connectivity index (χ1v) is 4.73. The van der Waals surface area contributed by atoms with Gasteiger partial charge in [-0.1, -0.05) is 0 Å². The van der Waals surface area contributed by atoms with Crippen LogP contribution in [-0.2, 0) is 6.42 Å². The van der Waals surface area contributed by atoms with Crippen LogP contribution in [-0.4, -0.2) is 21.0 Å². The minimum absolute atomic E-state index is 0.252. The Kier molecular flexibility index (Phi) is 3.59. The highest BCUT2D eigenvalue weighted by Crippen LogP contribution is 2.36. The van der Waals surface area contributed by atoms with Gasteiger partial charge in [0.25, 0.3) is 5.75 Å². The topological polar surface area (TPSA) is 133 Å². The fourth-order valence-corrected chi connectivity index (χ4v) is 1.43. The molecule has 0 bridgehead atoms.